The van der Waals surface area contributed by atoms with Gasteiger partial charge in [-0.1, -0.05) is 12.8 Å². The predicted molar refractivity (Wildman–Crippen MR) is 51.5 cm³/mol. The molecular formula is C7H15B2NO. The number of carbonyl (C=O) groups is 1. The van der Waals surface area contributed by atoms with E-state index in [2.05, 4.69) is 5.32 Å². The Bertz CT molecular complexity index is 170. The smallest absolute Gasteiger partial charge is 0.140 e. The van der Waals surface area contributed by atoms with E-state index in [1.54, 1.807) is 0 Å². The molecule has 0 aromatic rings. The molecule has 60 valence electrons. The number of nitrogens with one attached hydrogen (secondary N) is 1. The molecule has 1 aliphatic rings. The third-order valence-electron chi connectivity index (χ3n) is 2.63. The van der Waals surface area contributed by atoms with Crippen LogP contribution in [0.4, 0.5) is 0 Å². The number of ketones is 1. The molecule has 0 bridgehead atoms. The molecule has 1 N–H and O–H groups in total. The summed E-state index contributed by atoms with van der Waals surface area (Å²) >= 11 is 0. The zero-order chi connectivity index (χ0) is 8.48. The van der Waals surface area contributed by atoms with E-state index in [4.69, 9.17) is 0 Å². The molecule has 2 nitrogen and oxygen atoms in total. The largest absolute Gasteiger partial charge is 0.311 e. The molecule has 1 atom stereocenters. The Morgan fingerprint density at radius 1 is 1.64 bits per heavy atom. The van der Waals surface area contributed by atoms with Crippen molar-refractivity contribution in [2.75, 3.05) is 7.05 Å². The number of hydrogen-bond acceptors (Lipinski definition) is 2. The molecule has 0 heterocycles. The van der Waals surface area contributed by atoms with E-state index in [1.165, 1.54) is 6.42 Å². The van der Waals surface area contributed by atoms with Crippen LogP contribution in [0, 0.1) is 0 Å². The van der Waals surface area contributed by atoms with Gasteiger partial charge in [0.25, 0.3) is 0 Å². The molecule has 0 saturated heterocycles. The lowest BCUT2D eigenvalue weighted by atomic mass is 9.47. The number of hydrogen-bond donors (Lipinski definition) is 1. The van der Waals surface area contributed by atoms with E-state index in [9.17, 15) is 4.79 Å². The van der Waals surface area contributed by atoms with Crippen molar-refractivity contribution in [1.29, 1.82) is 0 Å². The van der Waals surface area contributed by atoms with Crippen LogP contribution in [0.5, 0.6) is 0 Å². The van der Waals surface area contributed by atoms with Crippen LogP contribution in [0.3, 0.4) is 0 Å². The molecule has 0 aromatic heterocycles. The SMILES string of the molecule is BC1(B)CCCC(NC)C1=O. The summed E-state index contributed by atoms with van der Waals surface area (Å²) in [5.41, 5.74) is 0. The van der Waals surface area contributed by atoms with Gasteiger partial charge in [-0.3, -0.25) is 4.79 Å². The van der Waals surface area contributed by atoms with Crippen LogP contribution in [0.15, 0.2) is 0 Å². The summed E-state index contributed by atoms with van der Waals surface area (Å²) in [7, 11) is 5.95. The molecule has 1 unspecified atom stereocenters. The summed E-state index contributed by atoms with van der Waals surface area (Å²) in [6, 6.07) is 0.110. The van der Waals surface area contributed by atoms with Crippen LogP contribution in [0.1, 0.15) is 19.3 Å². The Balaban J connectivity index is 2.68. The second-order valence-corrected chi connectivity index (χ2v) is 3.98. The molecule has 1 rings (SSSR count). The van der Waals surface area contributed by atoms with Crippen molar-refractivity contribution in [1.82, 2.24) is 5.32 Å². The average Bonchev–Trinajstić information content (AvgIpc) is 1.95. The van der Waals surface area contributed by atoms with Crippen molar-refractivity contribution in [3.63, 3.8) is 0 Å². The van der Waals surface area contributed by atoms with Crippen molar-refractivity contribution in [2.24, 2.45) is 0 Å². The first-order chi connectivity index (χ1) is 5.08. The fourth-order valence-electron chi connectivity index (χ4n) is 1.75. The van der Waals surface area contributed by atoms with E-state index in [-0.39, 0.29) is 11.3 Å². The van der Waals surface area contributed by atoms with Gasteiger partial charge in [0.1, 0.15) is 21.5 Å². The lowest BCUT2D eigenvalue weighted by Crippen LogP contribution is -2.45. The number of rotatable bonds is 1. The summed E-state index contributed by atoms with van der Waals surface area (Å²) in [6.07, 6.45) is 3.23. The third-order valence-corrected chi connectivity index (χ3v) is 2.63. The van der Waals surface area contributed by atoms with Crippen LogP contribution in [-0.2, 0) is 4.79 Å². The first kappa shape index (κ1) is 8.85. The molecule has 1 saturated carbocycles. The van der Waals surface area contributed by atoms with E-state index in [0.29, 0.717) is 5.78 Å². The summed E-state index contributed by atoms with van der Waals surface area (Å²) < 4.78 is 0. The highest BCUT2D eigenvalue weighted by Crippen LogP contribution is 2.32. The van der Waals surface area contributed by atoms with Gasteiger partial charge in [-0.2, -0.15) is 0 Å². The highest BCUT2D eigenvalue weighted by molar-refractivity contribution is 6.51. The summed E-state index contributed by atoms with van der Waals surface area (Å²) in [5.74, 6) is 0.381. The van der Waals surface area contributed by atoms with Crippen LogP contribution in [-0.4, -0.2) is 34.6 Å². The summed E-state index contributed by atoms with van der Waals surface area (Å²) in [6.45, 7) is 0. The maximum atomic E-state index is 11.6. The van der Waals surface area contributed by atoms with Gasteiger partial charge < -0.3 is 5.32 Å². The van der Waals surface area contributed by atoms with Crippen LogP contribution < -0.4 is 5.32 Å². The Labute approximate surface area is 69.9 Å². The van der Waals surface area contributed by atoms with Gasteiger partial charge in [-0.05, 0) is 18.7 Å². The monoisotopic (exact) mass is 151 g/mol. The Morgan fingerprint density at radius 3 is 2.73 bits per heavy atom. The number of Topliss-reactive ketones (excluding diaryl/α,β-unsaturated/α-hetero) is 1. The Kier molecular flexibility index (Phi) is 2.43. The summed E-state index contributed by atoms with van der Waals surface area (Å²) in [4.78, 5) is 11.6. The highest BCUT2D eigenvalue weighted by atomic mass is 16.1. The van der Waals surface area contributed by atoms with E-state index in [1.807, 2.05) is 22.7 Å². The first-order valence-corrected chi connectivity index (χ1v) is 4.29. The van der Waals surface area contributed by atoms with E-state index >= 15 is 0 Å². The zero-order valence-corrected chi connectivity index (χ0v) is 7.61. The molecular weight excluding hydrogens is 136 g/mol. The second kappa shape index (κ2) is 3.02. The molecule has 0 spiro atoms. The van der Waals surface area contributed by atoms with E-state index < -0.39 is 0 Å². The second-order valence-electron chi connectivity index (χ2n) is 3.98. The van der Waals surface area contributed by atoms with Crippen molar-refractivity contribution >= 4 is 21.5 Å². The minimum absolute atomic E-state index is 0.0913. The molecule has 0 aromatic carbocycles. The molecule has 0 amide bonds. The van der Waals surface area contributed by atoms with Gasteiger partial charge in [-0.25, -0.2) is 0 Å². The van der Waals surface area contributed by atoms with Crippen molar-refractivity contribution in [3.8, 4) is 0 Å². The topological polar surface area (TPSA) is 29.1 Å². The minimum Gasteiger partial charge on any atom is -0.311 e. The van der Waals surface area contributed by atoms with Gasteiger partial charge in [0.05, 0.1) is 6.04 Å². The van der Waals surface area contributed by atoms with Gasteiger partial charge in [0.15, 0.2) is 0 Å². The van der Waals surface area contributed by atoms with Gasteiger partial charge in [0.2, 0.25) is 0 Å². The van der Waals surface area contributed by atoms with Gasteiger partial charge in [-0.15, -0.1) is 0 Å². The average molecular weight is 151 g/mol. The quantitative estimate of drug-likeness (QED) is 0.472. The fourth-order valence-corrected chi connectivity index (χ4v) is 1.75. The van der Waals surface area contributed by atoms with Gasteiger partial charge in [0, 0.05) is 0 Å². The van der Waals surface area contributed by atoms with Crippen molar-refractivity contribution in [2.45, 2.75) is 30.5 Å². The molecule has 4 heteroatoms. The van der Waals surface area contributed by atoms with Crippen molar-refractivity contribution in [3.05, 3.63) is 0 Å². The third kappa shape index (κ3) is 1.67. The standard InChI is InChI=1S/C7H15B2NO/c1-10-5-3-2-4-7(8,9)6(5)11/h5,10H,2-4,8-9H2,1H3. The van der Waals surface area contributed by atoms with Crippen molar-refractivity contribution < 1.29 is 4.79 Å². The first-order valence-electron chi connectivity index (χ1n) is 4.29. The lowest BCUT2D eigenvalue weighted by molar-refractivity contribution is -0.123. The fraction of sp³-hybridized carbons (Fsp3) is 0.857. The van der Waals surface area contributed by atoms with Crippen LogP contribution >= 0.6 is 0 Å². The maximum Gasteiger partial charge on any atom is 0.140 e. The number of carbonyl (C=O) groups excluding carboxylic acids is 1. The maximum absolute atomic E-state index is 11.6. The Hall–Kier alpha value is -0.240. The number of likely N-dealkylation sites (N-methyl/N-ethyl adjacent to an activating group) is 1. The minimum atomic E-state index is -0.0913. The lowest BCUT2D eigenvalue weighted by Gasteiger charge is -2.33. The Morgan fingerprint density at radius 2 is 2.27 bits per heavy atom. The molecule has 0 radical (unpaired) electrons. The van der Waals surface area contributed by atoms with E-state index in [0.717, 1.165) is 12.8 Å². The molecule has 11 heavy (non-hydrogen) atoms. The zero-order valence-electron chi connectivity index (χ0n) is 7.61. The van der Waals surface area contributed by atoms with Gasteiger partial charge >= 0.3 is 0 Å². The van der Waals surface area contributed by atoms with Crippen LogP contribution in [0.2, 0.25) is 5.21 Å². The van der Waals surface area contributed by atoms with Crippen LogP contribution in [0.25, 0.3) is 0 Å². The molecule has 1 aliphatic carbocycles. The highest BCUT2D eigenvalue weighted by Gasteiger charge is 2.35. The summed E-state index contributed by atoms with van der Waals surface area (Å²) in [5, 5.41) is 2.97. The molecule has 1 fully saturated rings. The molecule has 0 aliphatic heterocycles. The predicted octanol–water partition coefficient (Wildman–Crippen LogP) is -1.29. The normalized spacial score (nSPS) is 30.3.